The van der Waals surface area contributed by atoms with E-state index >= 15 is 0 Å². The number of carbonyl (C=O) groups excluding carboxylic acids is 2. The Morgan fingerprint density at radius 2 is 1.96 bits per heavy atom. The highest BCUT2D eigenvalue weighted by Gasteiger charge is 2.23. The Morgan fingerprint density at radius 3 is 2.65 bits per heavy atom. The maximum Gasteiger partial charge on any atom is 0.255 e. The number of ether oxygens (including phenoxy) is 1. The van der Waals surface area contributed by atoms with Gasteiger partial charge in [0.2, 0.25) is 5.91 Å². The lowest BCUT2D eigenvalue weighted by Crippen LogP contribution is -2.44. The third-order valence-corrected chi connectivity index (χ3v) is 4.37. The molecular formula is C19H23N3O3S. The summed E-state index contributed by atoms with van der Waals surface area (Å²) in [6, 6.07) is 11.7. The van der Waals surface area contributed by atoms with Gasteiger partial charge in [-0.1, -0.05) is 18.2 Å². The van der Waals surface area contributed by atoms with Crippen molar-refractivity contribution in [2.45, 2.75) is 19.4 Å². The zero-order valence-electron chi connectivity index (χ0n) is 15.1. The van der Waals surface area contributed by atoms with Crippen LogP contribution in [0.4, 0.5) is 5.82 Å². The van der Waals surface area contributed by atoms with Crippen LogP contribution in [-0.2, 0) is 4.79 Å². The molecule has 0 fully saturated rings. The lowest BCUT2D eigenvalue weighted by molar-refractivity contribution is -0.118. The molecule has 0 saturated heterocycles. The minimum Gasteiger partial charge on any atom is -0.496 e. The molecule has 1 aromatic carbocycles. The standard InChI is InChI=1S/C19H23N3O3S/c1-13-7-6-10-17(20-13)22-19(24)15(11-12-26-3)21-18(23)14-8-4-5-9-16(14)25-2/h4-10,15H,11-12H2,1-3H3,(H,21,23)(H,20,22,24)/t15-/m1/s1. The molecule has 1 atom stereocenters. The highest BCUT2D eigenvalue weighted by atomic mass is 32.2. The van der Waals surface area contributed by atoms with Gasteiger partial charge in [0, 0.05) is 5.69 Å². The summed E-state index contributed by atoms with van der Waals surface area (Å²) in [6.45, 7) is 1.85. The number of rotatable bonds is 8. The van der Waals surface area contributed by atoms with Crippen molar-refractivity contribution in [2.75, 3.05) is 24.4 Å². The summed E-state index contributed by atoms with van der Waals surface area (Å²) in [5.74, 6) is 1.04. The van der Waals surface area contributed by atoms with Crippen molar-refractivity contribution in [3.8, 4) is 5.75 Å². The van der Waals surface area contributed by atoms with Crippen molar-refractivity contribution >= 4 is 29.4 Å². The van der Waals surface area contributed by atoms with Crippen LogP contribution < -0.4 is 15.4 Å². The van der Waals surface area contributed by atoms with E-state index in [2.05, 4.69) is 15.6 Å². The second kappa shape index (κ2) is 9.82. The van der Waals surface area contributed by atoms with Crippen LogP contribution in [0, 0.1) is 6.92 Å². The Balaban J connectivity index is 2.13. The monoisotopic (exact) mass is 373 g/mol. The molecular weight excluding hydrogens is 350 g/mol. The number of nitrogens with one attached hydrogen (secondary N) is 2. The summed E-state index contributed by atoms with van der Waals surface area (Å²) in [6.07, 6.45) is 2.47. The van der Waals surface area contributed by atoms with Gasteiger partial charge >= 0.3 is 0 Å². The predicted octanol–water partition coefficient (Wildman–Crippen LogP) is 2.89. The summed E-state index contributed by atoms with van der Waals surface area (Å²) < 4.78 is 5.22. The summed E-state index contributed by atoms with van der Waals surface area (Å²) in [5.41, 5.74) is 1.20. The zero-order chi connectivity index (χ0) is 18.9. The van der Waals surface area contributed by atoms with Crippen molar-refractivity contribution in [1.29, 1.82) is 0 Å². The lowest BCUT2D eigenvalue weighted by atomic mass is 10.1. The molecule has 2 amide bonds. The third kappa shape index (κ3) is 5.49. The first kappa shape index (κ1) is 19.8. The second-order valence-electron chi connectivity index (χ2n) is 5.66. The van der Waals surface area contributed by atoms with E-state index in [0.717, 1.165) is 11.4 Å². The normalized spacial score (nSPS) is 11.5. The molecule has 0 spiro atoms. The Morgan fingerprint density at radius 1 is 1.19 bits per heavy atom. The van der Waals surface area contributed by atoms with E-state index in [0.29, 0.717) is 23.6 Å². The van der Waals surface area contributed by atoms with Gasteiger partial charge in [0.1, 0.15) is 17.6 Å². The molecule has 0 aliphatic heterocycles. The molecule has 2 aromatic rings. The Kier molecular flexibility index (Phi) is 7.47. The molecule has 2 rings (SSSR count). The number of amides is 2. The molecule has 0 bridgehead atoms. The summed E-state index contributed by atoms with van der Waals surface area (Å²) in [7, 11) is 1.51. The molecule has 138 valence electrons. The van der Waals surface area contributed by atoms with E-state index in [9.17, 15) is 9.59 Å². The van der Waals surface area contributed by atoms with Crippen LogP contribution in [0.5, 0.6) is 5.75 Å². The van der Waals surface area contributed by atoms with Crippen molar-refractivity contribution in [3.05, 3.63) is 53.7 Å². The first-order chi connectivity index (χ1) is 12.5. The van der Waals surface area contributed by atoms with Gasteiger partial charge in [0.25, 0.3) is 5.91 Å². The van der Waals surface area contributed by atoms with Crippen LogP contribution in [0.15, 0.2) is 42.5 Å². The Bertz CT molecular complexity index is 767. The minimum absolute atomic E-state index is 0.291. The summed E-state index contributed by atoms with van der Waals surface area (Å²) >= 11 is 1.62. The van der Waals surface area contributed by atoms with Crippen LogP contribution in [-0.4, -0.2) is 42.0 Å². The number of anilines is 1. The van der Waals surface area contributed by atoms with E-state index in [-0.39, 0.29) is 11.8 Å². The first-order valence-corrected chi connectivity index (χ1v) is 9.62. The van der Waals surface area contributed by atoms with Crippen LogP contribution >= 0.6 is 11.8 Å². The topological polar surface area (TPSA) is 80.3 Å². The summed E-state index contributed by atoms with van der Waals surface area (Å²) in [4.78, 5) is 29.5. The number of pyridine rings is 1. The average Bonchev–Trinajstić information content (AvgIpc) is 2.64. The average molecular weight is 373 g/mol. The second-order valence-corrected chi connectivity index (χ2v) is 6.65. The highest BCUT2D eigenvalue weighted by molar-refractivity contribution is 7.98. The van der Waals surface area contributed by atoms with Crippen molar-refractivity contribution in [1.82, 2.24) is 10.3 Å². The molecule has 1 heterocycles. The molecule has 26 heavy (non-hydrogen) atoms. The smallest absolute Gasteiger partial charge is 0.255 e. The van der Waals surface area contributed by atoms with E-state index in [1.54, 1.807) is 42.1 Å². The number of carbonyl (C=O) groups is 2. The van der Waals surface area contributed by atoms with Crippen molar-refractivity contribution in [3.63, 3.8) is 0 Å². The number of thioether (sulfide) groups is 1. The van der Waals surface area contributed by atoms with Gasteiger partial charge in [-0.3, -0.25) is 9.59 Å². The van der Waals surface area contributed by atoms with E-state index < -0.39 is 6.04 Å². The Hall–Kier alpha value is -2.54. The number of methoxy groups -OCH3 is 1. The quantitative estimate of drug-likeness (QED) is 0.744. The summed E-state index contributed by atoms with van der Waals surface area (Å²) in [5, 5.41) is 5.58. The van der Waals surface area contributed by atoms with Gasteiger partial charge in [-0.05, 0) is 49.6 Å². The number of benzene rings is 1. The van der Waals surface area contributed by atoms with Crippen LogP contribution in [0.25, 0.3) is 0 Å². The molecule has 0 saturated carbocycles. The van der Waals surface area contributed by atoms with Crippen LogP contribution in [0.2, 0.25) is 0 Å². The number of para-hydroxylation sites is 1. The van der Waals surface area contributed by atoms with Gasteiger partial charge in [-0.25, -0.2) is 4.98 Å². The largest absolute Gasteiger partial charge is 0.496 e. The number of aromatic nitrogens is 1. The molecule has 1 aromatic heterocycles. The maximum atomic E-state index is 12.6. The predicted molar refractivity (Wildman–Crippen MR) is 105 cm³/mol. The molecule has 0 aliphatic rings. The number of aryl methyl sites for hydroxylation is 1. The first-order valence-electron chi connectivity index (χ1n) is 8.22. The number of hydrogen-bond donors (Lipinski definition) is 2. The third-order valence-electron chi connectivity index (χ3n) is 3.72. The van der Waals surface area contributed by atoms with Gasteiger partial charge in [-0.2, -0.15) is 11.8 Å². The molecule has 6 nitrogen and oxygen atoms in total. The number of nitrogens with zero attached hydrogens (tertiary/aromatic N) is 1. The molecule has 7 heteroatoms. The van der Waals surface area contributed by atoms with Gasteiger partial charge < -0.3 is 15.4 Å². The zero-order valence-corrected chi connectivity index (χ0v) is 15.9. The van der Waals surface area contributed by atoms with Crippen LogP contribution in [0.1, 0.15) is 22.5 Å². The lowest BCUT2D eigenvalue weighted by Gasteiger charge is -2.19. The van der Waals surface area contributed by atoms with Gasteiger partial charge in [0.05, 0.1) is 12.7 Å². The SMILES string of the molecule is COc1ccccc1C(=O)N[C@H](CCSC)C(=O)Nc1cccc(C)n1. The molecule has 0 aliphatic carbocycles. The van der Waals surface area contributed by atoms with Gasteiger partial charge in [0.15, 0.2) is 0 Å². The van der Waals surface area contributed by atoms with E-state index in [1.165, 1.54) is 7.11 Å². The fraction of sp³-hybridized carbons (Fsp3) is 0.316. The maximum absolute atomic E-state index is 12.6. The molecule has 0 unspecified atom stereocenters. The fourth-order valence-electron chi connectivity index (χ4n) is 2.40. The minimum atomic E-state index is -0.665. The molecule has 2 N–H and O–H groups in total. The van der Waals surface area contributed by atoms with Gasteiger partial charge in [-0.15, -0.1) is 0 Å². The Labute approximate surface area is 157 Å². The van der Waals surface area contributed by atoms with E-state index in [1.807, 2.05) is 25.3 Å². The van der Waals surface area contributed by atoms with E-state index in [4.69, 9.17) is 4.74 Å². The van der Waals surface area contributed by atoms with Crippen molar-refractivity contribution < 1.29 is 14.3 Å². The van der Waals surface area contributed by atoms with Crippen molar-refractivity contribution in [2.24, 2.45) is 0 Å². The number of hydrogen-bond acceptors (Lipinski definition) is 5. The van der Waals surface area contributed by atoms with Crippen LogP contribution in [0.3, 0.4) is 0 Å². The molecule has 0 radical (unpaired) electrons. The highest BCUT2D eigenvalue weighted by Crippen LogP contribution is 2.17. The fourth-order valence-corrected chi connectivity index (χ4v) is 2.87.